The molecule has 0 bridgehead atoms. The van der Waals surface area contributed by atoms with Crippen LogP contribution in [0.5, 0.6) is 0 Å². The van der Waals surface area contributed by atoms with Gasteiger partial charge in [0.05, 0.1) is 0 Å². The van der Waals surface area contributed by atoms with E-state index < -0.39 is 0 Å². The zero-order chi connectivity index (χ0) is 15.4. The molecule has 118 valence electrons. The molecule has 1 aromatic rings. The molecule has 0 aromatic carbocycles. The summed E-state index contributed by atoms with van der Waals surface area (Å²) in [6.07, 6.45) is 5.08. The molecule has 1 N–H and O–H groups in total. The van der Waals surface area contributed by atoms with E-state index in [9.17, 15) is 0 Å². The first-order valence-corrected chi connectivity index (χ1v) is 9.11. The topological polar surface area (TPSA) is 37.8 Å². The van der Waals surface area contributed by atoms with Crippen molar-refractivity contribution in [3.63, 3.8) is 0 Å². The van der Waals surface area contributed by atoms with Gasteiger partial charge in [-0.15, -0.1) is 0 Å². The first kappa shape index (κ1) is 16.8. The highest BCUT2D eigenvalue weighted by molar-refractivity contribution is 7.99. The van der Waals surface area contributed by atoms with Crippen LogP contribution in [-0.4, -0.2) is 27.8 Å². The molecule has 3 unspecified atom stereocenters. The van der Waals surface area contributed by atoms with Gasteiger partial charge < -0.3 is 5.32 Å². The third-order valence-electron chi connectivity index (χ3n) is 4.58. The van der Waals surface area contributed by atoms with Gasteiger partial charge >= 0.3 is 0 Å². The third kappa shape index (κ3) is 4.43. The molecule has 0 radical (unpaired) electrons. The highest BCUT2D eigenvalue weighted by Gasteiger charge is 2.29. The number of nitrogens with zero attached hydrogens (tertiary/aromatic N) is 2. The average molecular weight is 308 g/mol. The number of nitrogens with one attached hydrogen (secondary N) is 1. The van der Waals surface area contributed by atoms with Crippen LogP contribution in [-0.2, 0) is 0 Å². The molecule has 0 spiro atoms. The summed E-state index contributed by atoms with van der Waals surface area (Å²) in [5.41, 5.74) is 3.45. The van der Waals surface area contributed by atoms with Crippen molar-refractivity contribution in [3.8, 4) is 0 Å². The van der Waals surface area contributed by atoms with Crippen molar-refractivity contribution < 1.29 is 0 Å². The first-order valence-electron chi connectivity index (χ1n) is 8.23. The lowest BCUT2D eigenvalue weighted by atomic mass is 9.87. The van der Waals surface area contributed by atoms with Gasteiger partial charge in [0, 0.05) is 22.7 Å². The smallest absolute Gasteiger partial charge is 0.188 e. The van der Waals surface area contributed by atoms with Gasteiger partial charge in [0.2, 0.25) is 0 Å². The van der Waals surface area contributed by atoms with Gasteiger partial charge in [-0.05, 0) is 64.5 Å². The van der Waals surface area contributed by atoms with E-state index in [1.165, 1.54) is 31.2 Å². The summed E-state index contributed by atoms with van der Waals surface area (Å²) < 4.78 is 0. The molecule has 3 nitrogen and oxygen atoms in total. The van der Waals surface area contributed by atoms with Crippen LogP contribution < -0.4 is 5.32 Å². The second kappa shape index (κ2) is 7.59. The number of hydrogen-bond donors (Lipinski definition) is 1. The van der Waals surface area contributed by atoms with Crippen molar-refractivity contribution in [1.29, 1.82) is 0 Å². The van der Waals surface area contributed by atoms with Crippen molar-refractivity contribution in [1.82, 2.24) is 15.3 Å². The van der Waals surface area contributed by atoms with E-state index in [2.05, 4.69) is 39.9 Å². The molecule has 4 heteroatoms. The van der Waals surface area contributed by atoms with E-state index in [0.29, 0.717) is 11.3 Å². The molecule has 3 atom stereocenters. The van der Waals surface area contributed by atoms with E-state index in [1.807, 2.05) is 11.8 Å². The molecular formula is C17H29N3S. The van der Waals surface area contributed by atoms with E-state index >= 15 is 0 Å². The van der Waals surface area contributed by atoms with Crippen molar-refractivity contribution in [2.24, 2.45) is 5.92 Å². The molecule has 1 fully saturated rings. The predicted molar refractivity (Wildman–Crippen MR) is 91.0 cm³/mol. The Morgan fingerprint density at radius 3 is 2.43 bits per heavy atom. The fourth-order valence-corrected chi connectivity index (χ4v) is 4.42. The van der Waals surface area contributed by atoms with E-state index in [0.717, 1.165) is 29.0 Å². The lowest BCUT2D eigenvalue weighted by Crippen LogP contribution is -2.42. The maximum Gasteiger partial charge on any atom is 0.188 e. The van der Waals surface area contributed by atoms with Crippen LogP contribution in [0.1, 0.15) is 56.5 Å². The molecular weight excluding hydrogens is 278 g/mol. The Morgan fingerprint density at radius 1 is 1.14 bits per heavy atom. The maximum atomic E-state index is 4.69. The zero-order valence-electron chi connectivity index (χ0n) is 14.1. The van der Waals surface area contributed by atoms with Gasteiger partial charge in [-0.2, -0.15) is 0 Å². The Balaban J connectivity index is 2.10. The van der Waals surface area contributed by atoms with E-state index in [4.69, 9.17) is 9.97 Å². The van der Waals surface area contributed by atoms with E-state index in [1.54, 1.807) is 0 Å². The molecule has 1 aromatic heterocycles. The summed E-state index contributed by atoms with van der Waals surface area (Å²) in [7, 11) is 0. The van der Waals surface area contributed by atoms with Crippen molar-refractivity contribution >= 4 is 11.8 Å². The Morgan fingerprint density at radius 2 is 1.81 bits per heavy atom. The van der Waals surface area contributed by atoms with E-state index in [-0.39, 0.29) is 0 Å². The number of aryl methyl sites for hydroxylation is 2. The Kier molecular flexibility index (Phi) is 6.06. The number of thioether (sulfide) groups is 1. The molecule has 0 aliphatic heterocycles. The Bertz CT molecular complexity index is 450. The van der Waals surface area contributed by atoms with Crippen LogP contribution in [0.2, 0.25) is 0 Å². The molecule has 1 heterocycles. The van der Waals surface area contributed by atoms with Crippen LogP contribution in [0, 0.1) is 26.7 Å². The monoisotopic (exact) mass is 307 g/mol. The first-order chi connectivity index (χ1) is 10.0. The van der Waals surface area contributed by atoms with Crippen molar-refractivity contribution in [2.75, 3.05) is 6.54 Å². The molecule has 2 rings (SSSR count). The second-order valence-corrected chi connectivity index (χ2v) is 7.64. The van der Waals surface area contributed by atoms with Crippen LogP contribution in [0.25, 0.3) is 0 Å². The SMILES string of the molecule is CCCNC1CCC(C)CC1Sc1nc(C)c(C)c(C)n1. The number of rotatable bonds is 5. The fraction of sp³-hybridized carbons (Fsp3) is 0.765. The number of hydrogen-bond acceptors (Lipinski definition) is 4. The summed E-state index contributed by atoms with van der Waals surface area (Å²) in [5, 5.41) is 5.28. The van der Waals surface area contributed by atoms with Gasteiger partial charge in [-0.25, -0.2) is 9.97 Å². The molecule has 21 heavy (non-hydrogen) atoms. The van der Waals surface area contributed by atoms with Gasteiger partial charge in [-0.1, -0.05) is 25.6 Å². The van der Waals surface area contributed by atoms with Crippen LogP contribution in [0.4, 0.5) is 0 Å². The van der Waals surface area contributed by atoms with Crippen molar-refractivity contribution in [3.05, 3.63) is 17.0 Å². The van der Waals surface area contributed by atoms with Gasteiger partial charge in [-0.3, -0.25) is 0 Å². The van der Waals surface area contributed by atoms with Crippen LogP contribution in [0.3, 0.4) is 0 Å². The lowest BCUT2D eigenvalue weighted by Gasteiger charge is -2.34. The largest absolute Gasteiger partial charge is 0.313 e. The Hall–Kier alpha value is -0.610. The fourth-order valence-electron chi connectivity index (χ4n) is 2.95. The minimum absolute atomic E-state index is 0.599. The zero-order valence-corrected chi connectivity index (χ0v) is 14.9. The van der Waals surface area contributed by atoms with Gasteiger partial charge in [0.25, 0.3) is 0 Å². The third-order valence-corrected chi connectivity index (χ3v) is 5.80. The summed E-state index contributed by atoms with van der Waals surface area (Å²) in [6, 6.07) is 0.608. The van der Waals surface area contributed by atoms with Crippen molar-refractivity contribution in [2.45, 2.75) is 76.8 Å². The predicted octanol–water partition coefficient (Wildman–Crippen LogP) is 4.05. The maximum absolute atomic E-state index is 4.69. The summed E-state index contributed by atoms with van der Waals surface area (Å²) in [5.74, 6) is 0.815. The molecule has 1 saturated carbocycles. The second-order valence-electron chi connectivity index (χ2n) is 6.44. The quantitative estimate of drug-likeness (QED) is 0.833. The summed E-state index contributed by atoms with van der Waals surface area (Å²) in [4.78, 5) is 9.38. The molecule has 0 amide bonds. The minimum Gasteiger partial charge on any atom is -0.313 e. The standard InChI is InChI=1S/C17H29N3S/c1-6-9-18-15-8-7-11(2)10-16(15)21-17-19-13(4)12(3)14(5)20-17/h11,15-16,18H,6-10H2,1-5H3. The minimum atomic E-state index is 0.599. The van der Waals surface area contributed by atoms with Gasteiger partial charge in [0.1, 0.15) is 0 Å². The highest BCUT2D eigenvalue weighted by Crippen LogP contribution is 2.35. The highest BCUT2D eigenvalue weighted by atomic mass is 32.2. The molecule has 1 aliphatic rings. The Labute approximate surface area is 133 Å². The van der Waals surface area contributed by atoms with Crippen LogP contribution >= 0.6 is 11.8 Å². The summed E-state index contributed by atoms with van der Waals surface area (Å²) >= 11 is 1.88. The molecule has 0 saturated heterocycles. The average Bonchev–Trinajstić information content (AvgIpc) is 2.44. The van der Waals surface area contributed by atoms with Gasteiger partial charge in [0.15, 0.2) is 5.16 Å². The number of aromatic nitrogens is 2. The molecule has 1 aliphatic carbocycles. The van der Waals surface area contributed by atoms with Crippen LogP contribution in [0.15, 0.2) is 5.16 Å². The normalized spacial score (nSPS) is 26.0. The summed E-state index contributed by atoms with van der Waals surface area (Å²) in [6.45, 7) is 12.0. The lowest BCUT2D eigenvalue weighted by molar-refractivity contribution is 0.317.